The normalized spacial score (nSPS) is 36.5. The van der Waals surface area contributed by atoms with Crippen molar-refractivity contribution in [2.45, 2.75) is 50.9 Å². The van der Waals surface area contributed by atoms with Crippen molar-refractivity contribution < 1.29 is 13.6 Å². The predicted molar refractivity (Wildman–Crippen MR) is 117 cm³/mol. The molecular weight excluding hydrogens is 398 g/mol. The Morgan fingerprint density at radius 2 is 1.97 bits per heavy atom. The number of fused-ring (bicyclic) bond motifs is 3. The summed E-state index contributed by atoms with van der Waals surface area (Å²) in [7, 11) is 0. The molecular formula is C24H34F2N4O. The van der Waals surface area contributed by atoms with Gasteiger partial charge in [0.1, 0.15) is 12.0 Å². The monoisotopic (exact) mass is 432 g/mol. The van der Waals surface area contributed by atoms with Crippen LogP contribution < -0.4 is 15.5 Å². The van der Waals surface area contributed by atoms with Crippen LogP contribution in [0.4, 0.5) is 14.5 Å². The van der Waals surface area contributed by atoms with Gasteiger partial charge < -0.3 is 15.5 Å². The lowest BCUT2D eigenvalue weighted by Gasteiger charge is -2.51. The first-order valence-electron chi connectivity index (χ1n) is 11.9. The standard InChI is InChI=1S/C24H34F2N4O/c1-15-11-17(25)4-5-21(15)30-9-7-29(8-10-30)14-16-12-19(26)22-20(13-16)28-24(31)18-3-2-6-27-23(18)22/h4-5,11,16,18-20,22-23,27H,2-3,6-10,12-14H2,1H3,(H,28,31). The van der Waals surface area contributed by atoms with Crippen molar-refractivity contribution in [1.29, 1.82) is 0 Å². The topological polar surface area (TPSA) is 47.6 Å². The largest absolute Gasteiger partial charge is 0.369 e. The van der Waals surface area contributed by atoms with Crippen molar-refractivity contribution in [3.8, 4) is 0 Å². The number of carbonyl (C=O) groups is 1. The summed E-state index contributed by atoms with van der Waals surface area (Å²) < 4.78 is 28.7. The lowest BCUT2D eigenvalue weighted by atomic mass is 9.66. The van der Waals surface area contributed by atoms with Crippen molar-refractivity contribution in [2.24, 2.45) is 17.8 Å². The molecule has 0 aromatic heterocycles. The number of carbonyl (C=O) groups excluding carboxylic acids is 1. The minimum absolute atomic E-state index is 0.00550. The number of nitrogens with zero attached hydrogens (tertiary/aromatic N) is 2. The Bertz CT molecular complexity index is 813. The maximum Gasteiger partial charge on any atom is 0.224 e. The first-order chi connectivity index (χ1) is 15.0. The van der Waals surface area contributed by atoms with Crippen LogP contribution in [0.25, 0.3) is 0 Å². The predicted octanol–water partition coefficient (Wildman–Crippen LogP) is 2.49. The van der Waals surface area contributed by atoms with Crippen molar-refractivity contribution in [3.05, 3.63) is 29.6 Å². The summed E-state index contributed by atoms with van der Waals surface area (Å²) in [6.45, 7) is 7.38. The van der Waals surface area contributed by atoms with Gasteiger partial charge in [-0.05, 0) is 68.8 Å². The summed E-state index contributed by atoms with van der Waals surface area (Å²) in [5.41, 5.74) is 2.07. The van der Waals surface area contributed by atoms with Crippen LogP contribution in [0, 0.1) is 30.5 Å². The number of halogens is 2. The third kappa shape index (κ3) is 4.19. The maximum atomic E-state index is 15.3. The first-order valence-corrected chi connectivity index (χ1v) is 11.9. The van der Waals surface area contributed by atoms with E-state index in [9.17, 15) is 9.18 Å². The number of aryl methyl sites for hydroxylation is 1. The van der Waals surface area contributed by atoms with Crippen LogP contribution in [-0.2, 0) is 4.79 Å². The van der Waals surface area contributed by atoms with Gasteiger partial charge in [-0.15, -0.1) is 0 Å². The summed E-state index contributed by atoms with van der Waals surface area (Å²) in [6.07, 6.45) is 2.49. The number of piperidine rings is 2. The summed E-state index contributed by atoms with van der Waals surface area (Å²) in [5, 5.41) is 6.64. The molecule has 2 N–H and O–H groups in total. The second-order valence-corrected chi connectivity index (χ2v) is 9.99. The van der Waals surface area contributed by atoms with Gasteiger partial charge in [0.05, 0.1) is 5.92 Å². The Hall–Kier alpha value is -1.73. The van der Waals surface area contributed by atoms with Gasteiger partial charge in [-0.3, -0.25) is 9.69 Å². The number of nitrogens with one attached hydrogen (secondary N) is 2. The lowest BCUT2D eigenvalue weighted by Crippen LogP contribution is -2.67. The minimum Gasteiger partial charge on any atom is -0.369 e. The minimum atomic E-state index is -0.856. The molecule has 3 saturated heterocycles. The average Bonchev–Trinajstić information content (AvgIpc) is 2.74. The third-order valence-electron chi connectivity index (χ3n) is 8.00. The highest BCUT2D eigenvalue weighted by Gasteiger charge is 2.51. The van der Waals surface area contributed by atoms with Crippen LogP contribution in [0.15, 0.2) is 18.2 Å². The fourth-order valence-electron chi connectivity index (χ4n) is 6.53. The van der Waals surface area contributed by atoms with E-state index in [4.69, 9.17) is 0 Å². The van der Waals surface area contributed by atoms with E-state index < -0.39 is 6.17 Å². The van der Waals surface area contributed by atoms with Gasteiger partial charge in [0.2, 0.25) is 5.91 Å². The molecule has 7 heteroatoms. The second kappa shape index (κ2) is 8.66. The highest BCUT2D eigenvalue weighted by Crippen LogP contribution is 2.40. The molecule has 1 aromatic carbocycles. The molecule has 170 valence electrons. The molecule has 31 heavy (non-hydrogen) atoms. The molecule has 0 radical (unpaired) electrons. The van der Waals surface area contributed by atoms with Crippen molar-refractivity contribution in [1.82, 2.24) is 15.5 Å². The quantitative estimate of drug-likeness (QED) is 0.771. The molecule has 5 rings (SSSR count). The van der Waals surface area contributed by atoms with Gasteiger partial charge in [0.25, 0.3) is 0 Å². The number of hydrogen-bond donors (Lipinski definition) is 2. The Kier molecular flexibility index (Phi) is 5.90. The van der Waals surface area contributed by atoms with E-state index in [0.29, 0.717) is 6.42 Å². The van der Waals surface area contributed by atoms with Gasteiger partial charge >= 0.3 is 0 Å². The average molecular weight is 433 g/mol. The van der Waals surface area contributed by atoms with Gasteiger partial charge in [-0.2, -0.15) is 0 Å². The van der Waals surface area contributed by atoms with E-state index >= 15 is 4.39 Å². The van der Waals surface area contributed by atoms with Crippen molar-refractivity contribution in [2.75, 3.05) is 44.2 Å². The van der Waals surface area contributed by atoms with Gasteiger partial charge in [0, 0.05) is 56.4 Å². The number of hydrogen-bond acceptors (Lipinski definition) is 4. The van der Waals surface area contributed by atoms with E-state index in [2.05, 4.69) is 20.4 Å². The summed E-state index contributed by atoms with van der Waals surface area (Å²) in [5.74, 6) is 0.0524. The Balaban J connectivity index is 1.17. The summed E-state index contributed by atoms with van der Waals surface area (Å²) in [6, 6.07) is 4.94. The van der Waals surface area contributed by atoms with Crippen LogP contribution in [0.1, 0.15) is 31.2 Å². The summed E-state index contributed by atoms with van der Waals surface area (Å²) >= 11 is 0. The molecule has 1 amide bonds. The SMILES string of the molecule is Cc1cc(F)ccc1N1CCN(CC2CC(F)C3C(C2)NC(=O)C2CCCNC23)CC1. The van der Waals surface area contributed by atoms with Crippen LogP contribution in [0.3, 0.4) is 0 Å². The molecule has 3 aliphatic heterocycles. The number of anilines is 1. The number of rotatable bonds is 3. The molecule has 1 aliphatic carbocycles. The number of piperazine rings is 1. The van der Waals surface area contributed by atoms with E-state index in [0.717, 1.165) is 69.8 Å². The van der Waals surface area contributed by atoms with Gasteiger partial charge in [-0.1, -0.05) is 0 Å². The highest BCUT2D eigenvalue weighted by molar-refractivity contribution is 5.81. The molecule has 4 aliphatic rings. The van der Waals surface area contributed by atoms with Gasteiger partial charge in [0.15, 0.2) is 0 Å². The molecule has 3 heterocycles. The molecule has 6 unspecified atom stereocenters. The zero-order valence-corrected chi connectivity index (χ0v) is 18.3. The Labute approximate surface area is 183 Å². The molecule has 6 atom stereocenters. The van der Waals surface area contributed by atoms with Crippen LogP contribution in [0.2, 0.25) is 0 Å². The number of benzene rings is 1. The van der Waals surface area contributed by atoms with Crippen molar-refractivity contribution in [3.63, 3.8) is 0 Å². The van der Waals surface area contributed by atoms with Crippen LogP contribution in [0.5, 0.6) is 0 Å². The molecule has 1 aromatic rings. The summed E-state index contributed by atoms with van der Waals surface area (Å²) in [4.78, 5) is 17.3. The molecule has 4 fully saturated rings. The molecule has 0 spiro atoms. The van der Waals surface area contributed by atoms with E-state index in [-0.39, 0.29) is 41.6 Å². The number of alkyl halides is 1. The van der Waals surface area contributed by atoms with E-state index in [1.165, 1.54) is 6.07 Å². The van der Waals surface area contributed by atoms with E-state index in [1.807, 2.05) is 13.0 Å². The maximum absolute atomic E-state index is 15.3. The fourth-order valence-corrected chi connectivity index (χ4v) is 6.53. The van der Waals surface area contributed by atoms with Crippen LogP contribution in [-0.4, -0.2) is 68.3 Å². The van der Waals surface area contributed by atoms with E-state index in [1.54, 1.807) is 6.07 Å². The van der Waals surface area contributed by atoms with Crippen molar-refractivity contribution >= 4 is 11.6 Å². The molecule has 0 bridgehead atoms. The zero-order chi connectivity index (χ0) is 21.5. The van der Waals surface area contributed by atoms with Crippen LogP contribution >= 0.6 is 0 Å². The third-order valence-corrected chi connectivity index (χ3v) is 8.00. The Morgan fingerprint density at radius 1 is 1.16 bits per heavy atom. The highest BCUT2D eigenvalue weighted by atomic mass is 19.1. The second-order valence-electron chi connectivity index (χ2n) is 9.99. The van der Waals surface area contributed by atoms with Gasteiger partial charge in [-0.25, -0.2) is 8.78 Å². The molecule has 1 saturated carbocycles. The lowest BCUT2D eigenvalue weighted by molar-refractivity contribution is -0.135. The first kappa shape index (κ1) is 21.1. The number of amides is 1. The smallest absolute Gasteiger partial charge is 0.224 e. The molecule has 5 nitrogen and oxygen atoms in total. The Morgan fingerprint density at radius 3 is 2.74 bits per heavy atom. The zero-order valence-electron chi connectivity index (χ0n) is 18.3. The fraction of sp³-hybridized carbons (Fsp3) is 0.708.